The second-order valence-electron chi connectivity index (χ2n) is 3.92. The highest BCUT2D eigenvalue weighted by atomic mass is 32.2. The van der Waals surface area contributed by atoms with Gasteiger partial charge in [-0.1, -0.05) is 12.1 Å². The van der Waals surface area contributed by atoms with E-state index in [1.165, 1.54) is 0 Å². The number of anilines is 1. The summed E-state index contributed by atoms with van der Waals surface area (Å²) in [4.78, 5) is 12.6. The molecule has 1 aromatic rings. The quantitative estimate of drug-likeness (QED) is 0.863. The minimum Gasteiger partial charge on any atom is -0.481 e. The van der Waals surface area contributed by atoms with E-state index in [0.29, 0.717) is 23.7 Å². The molecular weight excluding hydrogens is 242 g/mol. The molecule has 0 saturated heterocycles. The van der Waals surface area contributed by atoms with Crippen LogP contribution in [-0.2, 0) is 14.6 Å². The van der Waals surface area contributed by atoms with E-state index in [1.54, 1.807) is 24.3 Å². The maximum Gasteiger partial charge on any atom is 0.305 e. The Kier molecular flexibility index (Phi) is 3.06. The predicted molar refractivity (Wildman–Crippen MR) is 63.0 cm³/mol. The van der Waals surface area contributed by atoms with Gasteiger partial charge in [0.2, 0.25) is 0 Å². The fourth-order valence-electron chi connectivity index (χ4n) is 1.91. The van der Waals surface area contributed by atoms with Crippen molar-refractivity contribution >= 4 is 21.5 Å². The molecule has 0 saturated carbocycles. The predicted octanol–water partition coefficient (Wildman–Crippen LogP) is 0.755. The van der Waals surface area contributed by atoms with Crippen LogP contribution in [-0.4, -0.2) is 38.3 Å². The molecular formula is C11H13NO4S. The summed E-state index contributed by atoms with van der Waals surface area (Å²) in [6.07, 6.45) is 0.00832. The summed E-state index contributed by atoms with van der Waals surface area (Å²) < 4.78 is 23.6. The van der Waals surface area contributed by atoms with Gasteiger partial charge >= 0.3 is 5.97 Å². The van der Waals surface area contributed by atoms with Gasteiger partial charge in [0.05, 0.1) is 22.8 Å². The van der Waals surface area contributed by atoms with E-state index < -0.39 is 15.8 Å². The lowest BCUT2D eigenvalue weighted by molar-refractivity contribution is -0.136. The lowest BCUT2D eigenvalue weighted by Crippen LogP contribution is -2.36. The van der Waals surface area contributed by atoms with E-state index >= 15 is 0 Å². The van der Waals surface area contributed by atoms with Crippen LogP contribution >= 0.6 is 0 Å². The number of para-hydroxylation sites is 1. The van der Waals surface area contributed by atoms with Gasteiger partial charge in [-0.25, -0.2) is 8.42 Å². The van der Waals surface area contributed by atoms with Gasteiger partial charge in [-0.05, 0) is 12.1 Å². The monoisotopic (exact) mass is 255 g/mol. The number of sulfone groups is 1. The van der Waals surface area contributed by atoms with Crippen LogP contribution in [0.2, 0.25) is 0 Å². The Morgan fingerprint density at radius 3 is 2.76 bits per heavy atom. The zero-order valence-electron chi connectivity index (χ0n) is 9.17. The molecule has 17 heavy (non-hydrogen) atoms. The molecule has 0 aromatic heterocycles. The topological polar surface area (TPSA) is 74.7 Å². The first kappa shape index (κ1) is 11.9. The van der Waals surface area contributed by atoms with Gasteiger partial charge in [0.15, 0.2) is 9.84 Å². The molecule has 5 nitrogen and oxygen atoms in total. The highest BCUT2D eigenvalue weighted by Gasteiger charge is 2.27. The van der Waals surface area contributed by atoms with E-state index in [1.807, 2.05) is 4.90 Å². The number of rotatable bonds is 3. The zero-order valence-corrected chi connectivity index (χ0v) is 9.98. The fourth-order valence-corrected chi connectivity index (χ4v) is 3.39. The third-order valence-electron chi connectivity index (χ3n) is 2.77. The Labute approximate surface area is 99.6 Å². The smallest absolute Gasteiger partial charge is 0.305 e. The van der Waals surface area contributed by atoms with Gasteiger partial charge in [0.25, 0.3) is 0 Å². The Hall–Kier alpha value is -1.56. The molecule has 0 atom stereocenters. The SMILES string of the molecule is O=C(O)CCN1CCS(=O)(=O)c2ccccc21. The second kappa shape index (κ2) is 4.37. The minimum absolute atomic E-state index is 0.00832. The summed E-state index contributed by atoms with van der Waals surface area (Å²) in [7, 11) is -3.20. The van der Waals surface area contributed by atoms with E-state index in [-0.39, 0.29) is 12.2 Å². The van der Waals surface area contributed by atoms with E-state index in [4.69, 9.17) is 5.11 Å². The number of hydrogen-bond donors (Lipinski definition) is 1. The molecule has 0 radical (unpaired) electrons. The highest BCUT2D eigenvalue weighted by Crippen LogP contribution is 2.29. The van der Waals surface area contributed by atoms with Crippen LogP contribution < -0.4 is 4.90 Å². The van der Waals surface area contributed by atoms with Crippen LogP contribution in [0.15, 0.2) is 29.2 Å². The minimum atomic E-state index is -3.20. The Balaban J connectivity index is 2.32. The summed E-state index contributed by atoms with van der Waals surface area (Å²) in [5.74, 6) is -0.834. The standard InChI is InChI=1S/C11H13NO4S/c13-11(14)5-6-12-7-8-17(15,16)10-4-2-1-3-9(10)12/h1-4H,5-8H2,(H,13,14). The number of nitrogens with zero attached hydrogens (tertiary/aromatic N) is 1. The number of hydrogen-bond acceptors (Lipinski definition) is 4. The maximum absolute atomic E-state index is 11.8. The summed E-state index contributed by atoms with van der Waals surface area (Å²) in [6, 6.07) is 6.72. The largest absolute Gasteiger partial charge is 0.481 e. The Bertz CT molecular complexity index is 538. The average Bonchev–Trinajstić information content (AvgIpc) is 2.28. The molecule has 1 aliphatic heterocycles. The molecule has 0 unspecified atom stereocenters. The molecule has 0 aliphatic carbocycles. The van der Waals surface area contributed by atoms with Gasteiger partial charge in [-0.3, -0.25) is 4.79 Å². The van der Waals surface area contributed by atoms with Crippen molar-refractivity contribution in [3.8, 4) is 0 Å². The van der Waals surface area contributed by atoms with Crippen molar-refractivity contribution in [2.75, 3.05) is 23.7 Å². The normalized spacial score (nSPS) is 17.5. The first-order valence-electron chi connectivity index (χ1n) is 5.29. The van der Waals surface area contributed by atoms with E-state index in [9.17, 15) is 13.2 Å². The molecule has 1 N–H and O–H groups in total. The van der Waals surface area contributed by atoms with Crippen molar-refractivity contribution in [1.82, 2.24) is 0 Å². The summed E-state index contributed by atoms with van der Waals surface area (Å²) in [5, 5.41) is 8.65. The van der Waals surface area contributed by atoms with Crippen LogP contribution in [0, 0.1) is 0 Å². The first-order chi connectivity index (χ1) is 8.00. The lowest BCUT2D eigenvalue weighted by Gasteiger charge is -2.30. The van der Waals surface area contributed by atoms with E-state index in [0.717, 1.165) is 0 Å². The lowest BCUT2D eigenvalue weighted by atomic mass is 10.2. The summed E-state index contributed by atoms with van der Waals surface area (Å²) in [5.41, 5.74) is 0.611. The molecule has 0 fully saturated rings. The number of benzene rings is 1. The van der Waals surface area contributed by atoms with Gasteiger partial charge in [-0.2, -0.15) is 0 Å². The van der Waals surface area contributed by atoms with Crippen LogP contribution in [0.5, 0.6) is 0 Å². The first-order valence-corrected chi connectivity index (χ1v) is 6.94. The van der Waals surface area contributed by atoms with Crippen LogP contribution in [0.3, 0.4) is 0 Å². The van der Waals surface area contributed by atoms with Crippen molar-refractivity contribution in [1.29, 1.82) is 0 Å². The van der Waals surface area contributed by atoms with Crippen molar-refractivity contribution in [3.63, 3.8) is 0 Å². The number of carboxylic acids is 1. The van der Waals surface area contributed by atoms with Crippen LogP contribution in [0.4, 0.5) is 5.69 Å². The van der Waals surface area contributed by atoms with Gasteiger partial charge in [-0.15, -0.1) is 0 Å². The van der Waals surface area contributed by atoms with Crippen LogP contribution in [0.25, 0.3) is 0 Å². The van der Waals surface area contributed by atoms with Crippen molar-refractivity contribution < 1.29 is 18.3 Å². The molecule has 1 aromatic carbocycles. The van der Waals surface area contributed by atoms with Crippen molar-refractivity contribution in [3.05, 3.63) is 24.3 Å². The molecule has 0 spiro atoms. The molecule has 1 heterocycles. The third-order valence-corrected chi connectivity index (χ3v) is 4.50. The molecule has 0 bridgehead atoms. The molecule has 1 aliphatic rings. The van der Waals surface area contributed by atoms with Crippen molar-refractivity contribution in [2.45, 2.75) is 11.3 Å². The highest BCUT2D eigenvalue weighted by molar-refractivity contribution is 7.91. The summed E-state index contributed by atoms with van der Waals surface area (Å²) in [6.45, 7) is 0.689. The fraction of sp³-hybridized carbons (Fsp3) is 0.364. The second-order valence-corrected chi connectivity index (χ2v) is 5.99. The summed E-state index contributed by atoms with van der Waals surface area (Å²) >= 11 is 0. The average molecular weight is 255 g/mol. The van der Waals surface area contributed by atoms with Gasteiger partial charge in [0.1, 0.15) is 0 Å². The van der Waals surface area contributed by atoms with Crippen LogP contribution in [0.1, 0.15) is 6.42 Å². The molecule has 6 heteroatoms. The van der Waals surface area contributed by atoms with Crippen molar-refractivity contribution in [2.24, 2.45) is 0 Å². The molecule has 92 valence electrons. The van der Waals surface area contributed by atoms with E-state index in [2.05, 4.69) is 0 Å². The number of carbonyl (C=O) groups is 1. The van der Waals surface area contributed by atoms with Gasteiger partial charge in [0, 0.05) is 13.1 Å². The molecule has 2 rings (SSSR count). The maximum atomic E-state index is 11.8. The zero-order chi connectivity index (χ0) is 12.5. The number of carboxylic acid groups (broad SMARTS) is 1. The third kappa shape index (κ3) is 2.41. The molecule has 0 amide bonds. The number of aliphatic carboxylic acids is 1. The van der Waals surface area contributed by atoms with Gasteiger partial charge < -0.3 is 10.0 Å². The Morgan fingerprint density at radius 1 is 1.35 bits per heavy atom. The Morgan fingerprint density at radius 2 is 2.06 bits per heavy atom. The number of fused-ring (bicyclic) bond motifs is 1.